The molecule has 2 N–H and O–H groups in total. The van der Waals surface area contributed by atoms with Crippen molar-refractivity contribution in [2.75, 3.05) is 13.2 Å². The van der Waals surface area contributed by atoms with E-state index >= 15 is 0 Å². The van der Waals surface area contributed by atoms with Crippen molar-refractivity contribution in [3.8, 4) is 0 Å². The van der Waals surface area contributed by atoms with Crippen LogP contribution >= 0.6 is 0 Å². The third kappa shape index (κ3) is 29.3. The molecule has 6 nitrogen and oxygen atoms in total. The fourth-order valence-corrected chi connectivity index (χ4v) is 4.22. The molecule has 0 heterocycles. The molecule has 0 amide bonds. The van der Waals surface area contributed by atoms with Crippen LogP contribution in [0.15, 0.2) is 48.6 Å². The van der Waals surface area contributed by atoms with E-state index in [-0.39, 0.29) is 37.7 Å². The average molecular weight is 591 g/mol. The molecule has 0 aliphatic carbocycles. The highest BCUT2D eigenvalue weighted by Gasteiger charge is 2.12. The molecule has 1 unspecified atom stereocenters. The lowest BCUT2D eigenvalue weighted by Gasteiger charge is -2.12. The summed E-state index contributed by atoms with van der Waals surface area (Å²) in [7, 11) is 0. The number of ether oxygens (including phenoxy) is 2. The van der Waals surface area contributed by atoms with Gasteiger partial charge in [0.25, 0.3) is 0 Å². The van der Waals surface area contributed by atoms with E-state index in [2.05, 4.69) is 51.2 Å². The van der Waals surface area contributed by atoms with Gasteiger partial charge in [-0.3, -0.25) is 9.59 Å². The summed E-state index contributed by atoms with van der Waals surface area (Å²) in [4.78, 5) is 23.7. The zero-order chi connectivity index (χ0) is 31.1. The molecule has 0 fully saturated rings. The topological polar surface area (TPSA) is 93.1 Å². The first-order chi connectivity index (χ1) is 20.4. The molecule has 0 aromatic rings. The molecule has 0 radical (unpaired) electrons. The number of allylic oxidation sites excluding steroid dienone is 7. The summed E-state index contributed by atoms with van der Waals surface area (Å²) in [6, 6.07) is 0. The Labute approximate surface area is 257 Å². The van der Waals surface area contributed by atoms with Gasteiger partial charge in [-0.25, -0.2) is 0 Å². The molecule has 0 bridgehead atoms. The maximum Gasteiger partial charge on any atom is 0.305 e. The van der Waals surface area contributed by atoms with Gasteiger partial charge >= 0.3 is 11.9 Å². The van der Waals surface area contributed by atoms with E-state index in [4.69, 9.17) is 9.47 Å². The van der Waals surface area contributed by atoms with Gasteiger partial charge in [-0.15, -0.1) is 0 Å². The van der Waals surface area contributed by atoms with Crippen LogP contribution in [0.1, 0.15) is 136 Å². The van der Waals surface area contributed by atoms with E-state index < -0.39 is 6.10 Å². The molecule has 242 valence electrons. The highest BCUT2D eigenvalue weighted by molar-refractivity contribution is 5.69. The Balaban J connectivity index is 3.66. The van der Waals surface area contributed by atoms with Crippen molar-refractivity contribution in [2.45, 2.75) is 149 Å². The molecule has 0 saturated heterocycles. The minimum atomic E-state index is -0.997. The zero-order valence-corrected chi connectivity index (χ0v) is 27.0. The van der Waals surface area contributed by atoms with Crippen LogP contribution in [0.25, 0.3) is 0 Å². The largest absolute Gasteiger partial charge is 0.463 e. The predicted octanol–water partition coefficient (Wildman–Crippen LogP) is 8.72. The highest BCUT2D eigenvalue weighted by atomic mass is 16.6. The highest BCUT2D eigenvalue weighted by Crippen LogP contribution is 2.14. The number of unbranched alkanes of at least 4 members (excludes halogenated alkanes) is 8. The van der Waals surface area contributed by atoms with Crippen LogP contribution in [-0.4, -0.2) is 47.6 Å². The van der Waals surface area contributed by atoms with Crippen molar-refractivity contribution in [2.24, 2.45) is 5.92 Å². The van der Waals surface area contributed by atoms with E-state index in [0.717, 1.165) is 63.7 Å². The van der Waals surface area contributed by atoms with Crippen LogP contribution in [0.2, 0.25) is 0 Å². The van der Waals surface area contributed by atoms with Crippen LogP contribution in [0.3, 0.4) is 0 Å². The molecule has 0 spiro atoms. The summed E-state index contributed by atoms with van der Waals surface area (Å²) in [5, 5.41) is 19.8. The standard InChI is InChI=1S/C36H62O6/c1-4-6-20-26-33(37)27-22-17-12-10-8-7-9-11-13-18-23-28-35(39)41-30-34(38)31-42-36(40)29-24-19-15-14-16-21-25-32(3)5-2/h7-8,11-13,17,22,27,32-34,37-38H,4-6,9-10,14-16,18-21,23-26,28-31H2,1-3H3/b8-7-,13-11-,17-12-,27-22+/t32?,33-,34+/m1/s1. The molecule has 0 rings (SSSR count). The molecular weight excluding hydrogens is 528 g/mol. The molecule has 3 atom stereocenters. The minimum absolute atomic E-state index is 0.146. The van der Waals surface area contributed by atoms with Crippen molar-refractivity contribution < 1.29 is 29.3 Å². The van der Waals surface area contributed by atoms with Gasteiger partial charge in [0.05, 0.1) is 6.10 Å². The first-order valence-corrected chi connectivity index (χ1v) is 16.7. The fraction of sp³-hybridized carbons (Fsp3) is 0.722. The molecule has 42 heavy (non-hydrogen) atoms. The lowest BCUT2D eigenvalue weighted by atomic mass is 10.00. The zero-order valence-electron chi connectivity index (χ0n) is 27.0. The summed E-state index contributed by atoms with van der Waals surface area (Å²) in [6.07, 6.45) is 32.1. The van der Waals surface area contributed by atoms with Gasteiger partial charge in [0.2, 0.25) is 0 Å². The van der Waals surface area contributed by atoms with Gasteiger partial charge in [0.1, 0.15) is 19.3 Å². The van der Waals surface area contributed by atoms with Crippen LogP contribution in [0.5, 0.6) is 0 Å². The van der Waals surface area contributed by atoms with Crippen molar-refractivity contribution in [3.63, 3.8) is 0 Å². The molecule has 0 aromatic carbocycles. The third-order valence-electron chi connectivity index (χ3n) is 7.21. The Hall–Kier alpha value is -2.18. The first kappa shape index (κ1) is 39.8. The summed E-state index contributed by atoms with van der Waals surface area (Å²) in [5.41, 5.74) is 0. The van der Waals surface area contributed by atoms with Gasteiger partial charge in [0, 0.05) is 12.8 Å². The number of carbonyl (C=O) groups is 2. The van der Waals surface area contributed by atoms with Crippen LogP contribution < -0.4 is 0 Å². The van der Waals surface area contributed by atoms with Gasteiger partial charge in [-0.05, 0) is 44.4 Å². The van der Waals surface area contributed by atoms with Crippen LogP contribution in [-0.2, 0) is 19.1 Å². The normalized spacial score (nSPS) is 14.3. The number of esters is 2. The predicted molar refractivity (Wildman–Crippen MR) is 174 cm³/mol. The van der Waals surface area contributed by atoms with E-state index in [1.54, 1.807) is 0 Å². The van der Waals surface area contributed by atoms with Crippen LogP contribution in [0, 0.1) is 5.92 Å². The number of carbonyl (C=O) groups excluding carboxylic acids is 2. The van der Waals surface area contributed by atoms with Gasteiger partial charge in [-0.1, -0.05) is 134 Å². The quantitative estimate of drug-likeness (QED) is 0.0410. The maximum absolute atomic E-state index is 11.9. The average Bonchev–Trinajstić information content (AvgIpc) is 2.98. The summed E-state index contributed by atoms with van der Waals surface area (Å²) in [5.74, 6) is 0.156. The van der Waals surface area contributed by atoms with Crippen LogP contribution in [0.4, 0.5) is 0 Å². The van der Waals surface area contributed by atoms with Gasteiger partial charge < -0.3 is 19.7 Å². The smallest absolute Gasteiger partial charge is 0.305 e. The van der Waals surface area contributed by atoms with Crippen molar-refractivity contribution in [3.05, 3.63) is 48.6 Å². The van der Waals surface area contributed by atoms with E-state index in [9.17, 15) is 19.8 Å². The minimum Gasteiger partial charge on any atom is -0.463 e. The monoisotopic (exact) mass is 590 g/mol. The third-order valence-corrected chi connectivity index (χ3v) is 7.21. The van der Waals surface area contributed by atoms with E-state index in [0.29, 0.717) is 12.8 Å². The van der Waals surface area contributed by atoms with E-state index in [1.807, 2.05) is 18.2 Å². The number of rotatable bonds is 28. The second kappa shape index (κ2) is 30.3. The Morgan fingerprint density at radius 1 is 0.667 bits per heavy atom. The molecule has 0 saturated carbocycles. The van der Waals surface area contributed by atoms with Crippen molar-refractivity contribution in [1.82, 2.24) is 0 Å². The molecule has 0 aliphatic rings. The molecular formula is C36H62O6. The maximum atomic E-state index is 11.9. The lowest BCUT2D eigenvalue weighted by Crippen LogP contribution is -2.25. The number of aliphatic hydroxyl groups excluding tert-OH is 2. The Morgan fingerprint density at radius 3 is 1.90 bits per heavy atom. The number of hydrogen-bond donors (Lipinski definition) is 2. The Bertz CT molecular complexity index is 754. The summed E-state index contributed by atoms with van der Waals surface area (Å²) < 4.78 is 10.2. The number of hydrogen-bond acceptors (Lipinski definition) is 6. The fourth-order valence-electron chi connectivity index (χ4n) is 4.22. The molecule has 0 aliphatic heterocycles. The van der Waals surface area contributed by atoms with E-state index in [1.165, 1.54) is 38.5 Å². The second-order valence-corrected chi connectivity index (χ2v) is 11.4. The number of aliphatic hydroxyl groups is 2. The molecule has 0 aromatic heterocycles. The summed E-state index contributed by atoms with van der Waals surface area (Å²) >= 11 is 0. The van der Waals surface area contributed by atoms with Crippen molar-refractivity contribution >= 4 is 11.9 Å². The molecule has 6 heteroatoms. The Morgan fingerprint density at radius 2 is 1.24 bits per heavy atom. The first-order valence-electron chi connectivity index (χ1n) is 16.7. The lowest BCUT2D eigenvalue weighted by molar-refractivity contribution is -0.152. The SMILES string of the molecule is CCCCC[C@@H](O)/C=C/C=C\C/C=C\C/C=C\CCCC(=O)OC[C@H](O)COC(=O)CCCCCCCCC(C)CC. The van der Waals surface area contributed by atoms with Crippen molar-refractivity contribution in [1.29, 1.82) is 0 Å². The second-order valence-electron chi connectivity index (χ2n) is 11.4. The Kier molecular flexibility index (Phi) is 28.7. The van der Waals surface area contributed by atoms with Gasteiger partial charge in [-0.2, -0.15) is 0 Å². The summed E-state index contributed by atoms with van der Waals surface area (Å²) in [6.45, 7) is 6.40. The van der Waals surface area contributed by atoms with Gasteiger partial charge in [0.15, 0.2) is 0 Å².